The summed E-state index contributed by atoms with van der Waals surface area (Å²) in [6.07, 6.45) is 0. The van der Waals surface area contributed by atoms with Gasteiger partial charge in [-0.05, 0) is 68.8 Å². The molecule has 9 heteroatoms. The minimum Gasteiger partial charge on any atom is -0.478 e. The van der Waals surface area contributed by atoms with Gasteiger partial charge in [-0.1, -0.05) is 100 Å². The Morgan fingerprint density at radius 1 is 0.477 bits per heavy atom. The van der Waals surface area contributed by atoms with E-state index in [1.54, 1.807) is 97.9 Å². The molecule has 0 fully saturated rings. The van der Waals surface area contributed by atoms with Gasteiger partial charge in [0.25, 0.3) is 0 Å². The van der Waals surface area contributed by atoms with Gasteiger partial charge in [0.1, 0.15) is 0 Å². The minimum absolute atomic E-state index is 0. The first-order valence-electron chi connectivity index (χ1n) is 12.6. The van der Waals surface area contributed by atoms with Crippen LogP contribution in [0.4, 0.5) is 0 Å². The number of aromatic carboxylic acids is 4. The van der Waals surface area contributed by atoms with Gasteiger partial charge in [-0.2, -0.15) is 0 Å². The van der Waals surface area contributed by atoms with E-state index in [1.807, 2.05) is 39.8 Å². The number of aryl methyl sites for hydroxylation is 3. The molecule has 0 saturated carbocycles. The Labute approximate surface area is 264 Å². The summed E-state index contributed by atoms with van der Waals surface area (Å²) in [7, 11) is 0. The highest BCUT2D eigenvalue weighted by atomic mass is 16.4. The fourth-order valence-corrected chi connectivity index (χ4v) is 2.87. The molecule has 238 valence electrons. The fraction of sp³-hybridized carbons (Fsp3) is 0.200. The standard InChI is InChI=1S/3C8H8O2.C7H6O2.C2H6.2CH4.BH.H2/c1-6-2-4-7(5-3-6)8(9)10;1-6-3-2-4-7(5-6)8(9)10;1-6-4-2-3-5-7(6)8(9)10;8-7(9)6-4-2-1-3-5-6;1-2;;;;/h3*2-5H,1H3,(H,9,10);1-5H,(H,8,9);1-2H3;2*1H4;2*1H/i;;;;;;;;1+1. The third-order valence-electron chi connectivity index (χ3n) is 4.96. The largest absolute Gasteiger partial charge is 0.478 e. The van der Waals surface area contributed by atoms with Crippen molar-refractivity contribution in [2.75, 3.05) is 0 Å². The molecule has 0 saturated heterocycles. The quantitative estimate of drug-likeness (QED) is 0.169. The van der Waals surface area contributed by atoms with E-state index >= 15 is 0 Å². The Morgan fingerprint density at radius 2 is 0.886 bits per heavy atom. The van der Waals surface area contributed by atoms with Crippen molar-refractivity contribution in [1.82, 2.24) is 0 Å². The Kier molecular flexibility index (Phi) is 26.6. The van der Waals surface area contributed by atoms with Crippen LogP contribution in [0.5, 0.6) is 0 Å². The Balaban J connectivity index is -0.000000151. The Hall–Kier alpha value is -5.18. The number of carboxylic acids is 4. The predicted octanol–water partition coefficient (Wildman–Crippen LogP) is 8.36. The van der Waals surface area contributed by atoms with Crippen molar-refractivity contribution >= 4 is 32.3 Å². The van der Waals surface area contributed by atoms with Gasteiger partial charge in [0.05, 0.1) is 22.3 Å². The molecule has 0 heterocycles. The molecule has 2 radical (unpaired) electrons. The highest BCUT2D eigenvalue weighted by Crippen LogP contribution is 2.06. The van der Waals surface area contributed by atoms with Gasteiger partial charge < -0.3 is 20.4 Å². The molecule has 0 aromatic heterocycles. The third-order valence-corrected chi connectivity index (χ3v) is 4.96. The second kappa shape index (κ2) is 25.5. The normalized spacial score (nSPS) is 8.30. The second-order valence-corrected chi connectivity index (χ2v) is 8.14. The maximum Gasteiger partial charge on any atom is 0.335 e. The van der Waals surface area contributed by atoms with Crippen molar-refractivity contribution in [3.8, 4) is 0 Å². The molecule has 0 amide bonds. The summed E-state index contributed by atoms with van der Waals surface area (Å²) in [5.74, 6) is -3.49. The van der Waals surface area contributed by atoms with Crippen molar-refractivity contribution in [3.63, 3.8) is 0 Å². The molecule has 0 atom stereocenters. The van der Waals surface area contributed by atoms with E-state index in [-0.39, 0.29) is 24.7 Å². The zero-order chi connectivity index (χ0) is 31.4. The summed E-state index contributed by atoms with van der Waals surface area (Å²) in [6, 6.07) is 28.8. The lowest BCUT2D eigenvalue weighted by Gasteiger charge is -1.96. The summed E-state index contributed by atoms with van der Waals surface area (Å²) < 4.78 is 0. The Bertz CT molecular complexity index is 1390. The summed E-state index contributed by atoms with van der Waals surface area (Å²) in [4.78, 5) is 41.3. The van der Waals surface area contributed by atoms with Gasteiger partial charge in [-0.25, -0.2) is 19.2 Å². The summed E-state index contributed by atoms with van der Waals surface area (Å²) in [5.41, 5.74) is 4.24. The molecule has 0 unspecified atom stereocenters. The zero-order valence-corrected chi connectivity index (χ0v) is 24.4. The van der Waals surface area contributed by atoms with Crippen LogP contribution in [0.2, 0.25) is 0 Å². The van der Waals surface area contributed by atoms with Crippen LogP contribution in [0.3, 0.4) is 0 Å². The first-order valence-corrected chi connectivity index (χ1v) is 12.6. The topological polar surface area (TPSA) is 149 Å². The molecular weight excluding hydrogens is 559 g/mol. The van der Waals surface area contributed by atoms with Crippen LogP contribution in [0, 0.1) is 20.8 Å². The molecule has 4 N–H and O–H groups in total. The predicted molar refractivity (Wildman–Crippen MR) is 182 cm³/mol. The zero-order valence-electron chi connectivity index (χ0n) is 24.4. The van der Waals surface area contributed by atoms with Gasteiger partial charge in [-0.3, -0.25) is 0 Å². The monoisotopic (exact) mass is 607 g/mol. The van der Waals surface area contributed by atoms with Crippen LogP contribution in [0.25, 0.3) is 0 Å². The van der Waals surface area contributed by atoms with Gasteiger partial charge in [0.15, 0.2) is 0 Å². The molecule has 0 aliphatic heterocycles. The highest BCUT2D eigenvalue weighted by molar-refractivity contribution is 5.89. The van der Waals surface area contributed by atoms with E-state index in [0.717, 1.165) is 16.7 Å². The van der Waals surface area contributed by atoms with Crippen molar-refractivity contribution in [3.05, 3.63) is 142 Å². The van der Waals surface area contributed by atoms with Crippen LogP contribution in [-0.2, 0) is 0 Å². The lowest BCUT2D eigenvalue weighted by Crippen LogP contribution is -1.97. The minimum atomic E-state index is -0.879. The van der Waals surface area contributed by atoms with Crippen LogP contribution >= 0.6 is 0 Å². The molecule has 0 aliphatic carbocycles. The van der Waals surface area contributed by atoms with Crippen LogP contribution in [0.15, 0.2) is 103 Å². The molecule has 4 aromatic carbocycles. The van der Waals surface area contributed by atoms with Gasteiger partial charge in [-0.15, -0.1) is 0 Å². The summed E-state index contributed by atoms with van der Waals surface area (Å²) in [5, 5.41) is 33.9. The van der Waals surface area contributed by atoms with Crippen molar-refractivity contribution in [1.29, 1.82) is 0 Å². The van der Waals surface area contributed by atoms with Crippen molar-refractivity contribution < 1.29 is 41.0 Å². The number of benzene rings is 4. The number of rotatable bonds is 4. The van der Waals surface area contributed by atoms with E-state index in [0.29, 0.717) is 22.3 Å². The van der Waals surface area contributed by atoms with Crippen LogP contribution < -0.4 is 0 Å². The maximum atomic E-state index is 10.4. The highest BCUT2D eigenvalue weighted by Gasteiger charge is 2.03. The average molecular weight is 608 g/mol. The number of carboxylic acid groups (broad SMARTS) is 4. The Morgan fingerprint density at radius 3 is 1.23 bits per heavy atom. The van der Waals surface area contributed by atoms with E-state index < -0.39 is 23.9 Å². The number of hydrogen-bond donors (Lipinski definition) is 4. The molecule has 8 nitrogen and oxygen atoms in total. The van der Waals surface area contributed by atoms with E-state index in [2.05, 4.69) is 0 Å². The first kappa shape index (κ1) is 45.8. The average Bonchev–Trinajstić information content (AvgIpc) is 2.96. The summed E-state index contributed by atoms with van der Waals surface area (Å²) >= 11 is 0. The second-order valence-electron chi connectivity index (χ2n) is 8.14. The van der Waals surface area contributed by atoms with Crippen LogP contribution in [-0.4, -0.2) is 52.7 Å². The van der Waals surface area contributed by atoms with Crippen molar-refractivity contribution in [2.45, 2.75) is 49.5 Å². The molecule has 4 rings (SSSR count). The van der Waals surface area contributed by atoms with E-state index in [9.17, 15) is 19.2 Å². The summed E-state index contributed by atoms with van der Waals surface area (Å²) in [6.45, 7) is 9.57. The lowest BCUT2D eigenvalue weighted by atomic mass is 10.1. The maximum absolute atomic E-state index is 10.4. The molecule has 0 spiro atoms. The molecule has 0 aliphatic rings. The SMILES string of the molecule is C.C.CC.Cc1ccc(C(=O)O)cc1.Cc1cccc(C(=O)O)c1.Cc1ccccc1C(=O)O.O=C(O)c1ccccc1.[2HH].[BH]. The van der Waals surface area contributed by atoms with Gasteiger partial charge in [0, 0.05) is 9.84 Å². The van der Waals surface area contributed by atoms with Gasteiger partial charge in [0.2, 0.25) is 0 Å². The number of carbonyl (C=O) groups is 4. The van der Waals surface area contributed by atoms with Crippen LogP contribution in [0.1, 0.15) is 88.2 Å². The third kappa shape index (κ3) is 19.0. The lowest BCUT2D eigenvalue weighted by molar-refractivity contribution is 0.0685. The molecule has 44 heavy (non-hydrogen) atoms. The molecule has 0 bridgehead atoms. The smallest absolute Gasteiger partial charge is 0.335 e. The molecular formula is C35H47BO8. The van der Waals surface area contributed by atoms with E-state index in [4.69, 9.17) is 20.4 Å². The fourth-order valence-electron chi connectivity index (χ4n) is 2.87. The number of hydrogen-bond acceptors (Lipinski definition) is 4. The first-order chi connectivity index (χ1) is 19.4. The molecule has 4 aromatic rings. The van der Waals surface area contributed by atoms with E-state index in [1.165, 1.54) is 0 Å². The van der Waals surface area contributed by atoms with Crippen molar-refractivity contribution in [2.24, 2.45) is 0 Å². The van der Waals surface area contributed by atoms with Gasteiger partial charge >= 0.3 is 23.9 Å².